The number of aliphatic hydroxyl groups excluding tert-OH is 1. The Kier molecular flexibility index (Phi) is 16.7. The fraction of sp³-hybridized carbons (Fsp3) is 1.00. The fourth-order valence-electron chi connectivity index (χ4n) is 1.61. The monoisotopic (exact) mass is 481 g/mol. The topological polar surface area (TPSA) is 176 Å². The molecule has 0 aliphatic rings. The highest BCUT2D eigenvalue weighted by Crippen LogP contribution is 2.47. The first kappa shape index (κ1) is 30.1. The molecule has 0 saturated heterocycles. The molecule has 0 aromatic carbocycles. The highest BCUT2D eigenvalue weighted by atomic mass is 31.2. The molecule has 0 heterocycles. The maximum absolute atomic E-state index is 11.6. The van der Waals surface area contributed by atoms with Gasteiger partial charge in [0.25, 0.3) is 0 Å². The summed E-state index contributed by atoms with van der Waals surface area (Å²) >= 11 is 0. The number of hydrogen-bond donors (Lipinski definition) is 4. The highest BCUT2D eigenvalue weighted by Gasteiger charge is 2.25. The zero-order valence-corrected chi connectivity index (χ0v) is 19.7. The van der Waals surface area contributed by atoms with Crippen LogP contribution in [0.1, 0.15) is 20.8 Å². The first-order chi connectivity index (χ1) is 14.0. The van der Waals surface area contributed by atoms with E-state index in [1.54, 1.807) is 13.8 Å². The van der Waals surface area contributed by atoms with Gasteiger partial charge in [-0.15, -0.1) is 0 Å². The molecule has 0 saturated carbocycles. The van der Waals surface area contributed by atoms with Crippen molar-refractivity contribution in [2.75, 3.05) is 66.1 Å². The lowest BCUT2D eigenvalue weighted by Gasteiger charge is -2.18. The average Bonchev–Trinajstić information content (AvgIpc) is 2.66. The molecule has 0 aliphatic heterocycles. The number of hydrogen-bond acceptors (Lipinski definition) is 10. The normalized spacial score (nSPS) is 18.1. The van der Waals surface area contributed by atoms with E-state index in [4.69, 9.17) is 33.7 Å². The van der Waals surface area contributed by atoms with E-state index in [-0.39, 0.29) is 33.0 Å². The molecule has 4 atom stereocenters. The number of rotatable bonds is 20. The molecule has 0 amide bonds. The van der Waals surface area contributed by atoms with E-state index in [9.17, 15) is 24.0 Å². The second-order valence-corrected chi connectivity index (χ2v) is 11.3. The third kappa shape index (κ3) is 15.8. The third-order valence-electron chi connectivity index (χ3n) is 3.55. The van der Waals surface area contributed by atoms with Gasteiger partial charge in [0.1, 0.15) is 11.9 Å². The van der Waals surface area contributed by atoms with E-state index in [0.29, 0.717) is 33.0 Å². The summed E-state index contributed by atoms with van der Waals surface area (Å²) in [5.74, 6) is -0.943. The number of aliphatic hydroxyl groups is 1. The molecule has 5 N–H and O–H groups in total. The van der Waals surface area contributed by atoms with Gasteiger partial charge in [0.15, 0.2) is 0 Å². The van der Waals surface area contributed by atoms with Crippen molar-refractivity contribution in [3.05, 3.63) is 0 Å². The summed E-state index contributed by atoms with van der Waals surface area (Å²) in [5, 5.41) is 9.64. The summed E-state index contributed by atoms with van der Waals surface area (Å²) in [6.45, 7) is 6.23. The van der Waals surface area contributed by atoms with Crippen LogP contribution in [0.2, 0.25) is 0 Å². The van der Waals surface area contributed by atoms with E-state index in [0.717, 1.165) is 0 Å². The predicted octanol–water partition coefficient (Wildman–Crippen LogP) is 0.531. The first-order valence-electron chi connectivity index (χ1n) is 9.67. The van der Waals surface area contributed by atoms with Crippen LogP contribution in [-0.4, -0.2) is 98.5 Å². The Morgan fingerprint density at radius 1 is 0.700 bits per heavy atom. The Morgan fingerprint density at radius 3 is 1.57 bits per heavy atom. The zero-order valence-electron chi connectivity index (χ0n) is 17.9. The second-order valence-electron chi connectivity index (χ2n) is 6.66. The standard InChI is InChI=1S/C16H37NO11P2/c1-14(2)29(19,20)28-13-16(18)12-26-9-8-24-5-4-23-6-7-25-10-11-27-30(21,22)15(3)17/h14-16,18H,4-13,17H2,1-3H3,(H,19,20)(H,21,22). The highest BCUT2D eigenvalue weighted by molar-refractivity contribution is 7.53. The van der Waals surface area contributed by atoms with Crippen molar-refractivity contribution in [3.63, 3.8) is 0 Å². The molecule has 0 rings (SSSR count). The Labute approximate surface area is 178 Å². The third-order valence-corrected chi connectivity index (χ3v) is 6.96. The Bertz CT molecular complexity index is 521. The molecule has 0 bridgehead atoms. The number of nitrogens with two attached hydrogens (primary N) is 1. The van der Waals surface area contributed by atoms with Crippen LogP contribution in [0.15, 0.2) is 0 Å². The van der Waals surface area contributed by atoms with Crippen LogP contribution in [0.3, 0.4) is 0 Å². The van der Waals surface area contributed by atoms with Gasteiger partial charge in [0.2, 0.25) is 0 Å². The molecular formula is C16H37NO11P2. The van der Waals surface area contributed by atoms with Gasteiger partial charge in [-0.25, -0.2) is 0 Å². The predicted molar refractivity (Wildman–Crippen MR) is 110 cm³/mol. The number of ether oxygens (including phenoxy) is 4. The van der Waals surface area contributed by atoms with Gasteiger partial charge in [-0.1, -0.05) is 13.8 Å². The van der Waals surface area contributed by atoms with E-state index in [1.165, 1.54) is 6.92 Å². The van der Waals surface area contributed by atoms with E-state index < -0.39 is 32.7 Å². The summed E-state index contributed by atoms with van der Waals surface area (Å²) in [6, 6.07) is 0. The van der Waals surface area contributed by atoms with Crippen LogP contribution in [0.25, 0.3) is 0 Å². The molecule has 14 heteroatoms. The van der Waals surface area contributed by atoms with Crippen LogP contribution in [0.4, 0.5) is 0 Å². The van der Waals surface area contributed by atoms with E-state index in [2.05, 4.69) is 0 Å². The van der Waals surface area contributed by atoms with Crippen LogP contribution in [0, 0.1) is 0 Å². The molecule has 4 unspecified atom stereocenters. The minimum Gasteiger partial charge on any atom is -0.388 e. The van der Waals surface area contributed by atoms with E-state index >= 15 is 0 Å². The van der Waals surface area contributed by atoms with Crippen LogP contribution < -0.4 is 5.73 Å². The van der Waals surface area contributed by atoms with Crippen molar-refractivity contribution in [1.82, 2.24) is 0 Å². The molecule has 0 fully saturated rings. The fourth-order valence-corrected chi connectivity index (χ4v) is 2.87. The zero-order chi connectivity index (χ0) is 23.0. The van der Waals surface area contributed by atoms with Crippen molar-refractivity contribution in [2.45, 2.75) is 38.3 Å². The van der Waals surface area contributed by atoms with Gasteiger partial charge in [0.05, 0.1) is 71.7 Å². The summed E-state index contributed by atoms with van der Waals surface area (Å²) in [7, 11) is -7.46. The van der Waals surface area contributed by atoms with Gasteiger partial charge >= 0.3 is 15.2 Å². The lowest BCUT2D eigenvalue weighted by atomic mass is 10.4. The van der Waals surface area contributed by atoms with Crippen molar-refractivity contribution in [2.24, 2.45) is 5.73 Å². The van der Waals surface area contributed by atoms with Crippen molar-refractivity contribution in [1.29, 1.82) is 0 Å². The minimum atomic E-state index is -3.77. The summed E-state index contributed by atoms with van der Waals surface area (Å²) in [5.41, 5.74) is 4.78. The Morgan fingerprint density at radius 2 is 1.13 bits per heavy atom. The molecule has 0 aliphatic carbocycles. The Hall–Kier alpha value is 0.0600. The summed E-state index contributed by atoms with van der Waals surface area (Å²) in [6.07, 6.45) is -0.999. The average molecular weight is 481 g/mol. The molecule has 0 aromatic rings. The van der Waals surface area contributed by atoms with E-state index in [1.807, 2.05) is 0 Å². The van der Waals surface area contributed by atoms with Crippen LogP contribution >= 0.6 is 15.2 Å². The molecule has 0 aromatic heterocycles. The summed E-state index contributed by atoms with van der Waals surface area (Å²) < 4.78 is 53.6. The smallest absolute Gasteiger partial charge is 0.344 e. The second kappa shape index (κ2) is 16.7. The first-order valence-corrected chi connectivity index (χ1v) is 13.0. The quantitative estimate of drug-likeness (QED) is 0.140. The lowest BCUT2D eigenvalue weighted by molar-refractivity contribution is -0.0259. The van der Waals surface area contributed by atoms with Gasteiger partial charge in [-0.05, 0) is 6.92 Å². The van der Waals surface area contributed by atoms with Crippen molar-refractivity contribution < 1.29 is 52.0 Å². The van der Waals surface area contributed by atoms with Gasteiger partial charge in [0, 0.05) is 0 Å². The molecule has 12 nitrogen and oxygen atoms in total. The Balaban J connectivity index is 3.39. The minimum absolute atomic E-state index is 0.0315. The summed E-state index contributed by atoms with van der Waals surface area (Å²) in [4.78, 5) is 18.8. The van der Waals surface area contributed by atoms with Gasteiger partial charge < -0.3 is 48.6 Å². The lowest BCUT2D eigenvalue weighted by Crippen LogP contribution is -2.23. The maximum Gasteiger partial charge on any atom is 0.344 e. The van der Waals surface area contributed by atoms with Crippen LogP contribution in [-0.2, 0) is 37.1 Å². The van der Waals surface area contributed by atoms with Gasteiger partial charge in [-0.3, -0.25) is 9.13 Å². The molecule has 182 valence electrons. The van der Waals surface area contributed by atoms with Crippen LogP contribution in [0.5, 0.6) is 0 Å². The van der Waals surface area contributed by atoms with Gasteiger partial charge in [-0.2, -0.15) is 0 Å². The maximum atomic E-state index is 11.6. The van der Waals surface area contributed by atoms with Crippen molar-refractivity contribution >= 4 is 15.2 Å². The SMILES string of the molecule is CC(C)P(=O)(O)OCC(O)COCCOCCOCCOCCOP(=O)(O)C(C)N. The largest absolute Gasteiger partial charge is 0.388 e. The molecule has 0 radical (unpaired) electrons. The molecule has 30 heavy (non-hydrogen) atoms. The molecule has 0 spiro atoms. The van der Waals surface area contributed by atoms with Crippen molar-refractivity contribution in [3.8, 4) is 0 Å². The molecular weight excluding hydrogens is 444 g/mol.